The number of nitrogen functional groups attached to an aromatic ring is 1. The van der Waals surface area contributed by atoms with Crippen LogP contribution in [0.3, 0.4) is 0 Å². The highest BCUT2D eigenvalue weighted by Crippen LogP contribution is 2.36. The molecule has 0 saturated carbocycles. The van der Waals surface area contributed by atoms with Crippen LogP contribution in [0.1, 0.15) is 5.56 Å². The van der Waals surface area contributed by atoms with Crippen LogP contribution in [-0.2, 0) is 6.18 Å². The largest absolute Gasteiger partial charge is 0.418 e. The van der Waals surface area contributed by atoms with Crippen LogP contribution in [0.15, 0.2) is 30.6 Å². The molecule has 0 aliphatic carbocycles. The van der Waals surface area contributed by atoms with Gasteiger partial charge >= 0.3 is 6.18 Å². The molecule has 18 heavy (non-hydrogen) atoms. The molecule has 0 aliphatic rings. The van der Waals surface area contributed by atoms with E-state index in [1.807, 2.05) is 0 Å². The summed E-state index contributed by atoms with van der Waals surface area (Å²) in [6.45, 7) is 0. The SMILES string of the molecule is Nc1cc(-c2ncccc2C(F)(F)F)cnc1Cl. The van der Waals surface area contributed by atoms with E-state index in [0.29, 0.717) is 0 Å². The van der Waals surface area contributed by atoms with Gasteiger partial charge in [-0.2, -0.15) is 13.2 Å². The Balaban J connectivity index is 2.61. The molecule has 2 N–H and O–H groups in total. The number of halogens is 4. The maximum Gasteiger partial charge on any atom is 0.418 e. The molecule has 0 atom stereocenters. The number of aromatic nitrogens is 2. The molecule has 0 fully saturated rings. The Labute approximate surface area is 105 Å². The van der Waals surface area contributed by atoms with E-state index in [2.05, 4.69) is 9.97 Å². The first-order valence-electron chi connectivity index (χ1n) is 4.83. The smallest absolute Gasteiger partial charge is 0.396 e. The van der Waals surface area contributed by atoms with Crippen molar-refractivity contribution in [3.63, 3.8) is 0 Å². The molecule has 94 valence electrons. The summed E-state index contributed by atoms with van der Waals surface area (Å²) in [5.41, 5.74) is 4.73. The molecule has 0 bridgehead atoms. The van der Waals surface area contributed by atoms with Crippen molar-refractivity contribution in [2.75, 3.05) is 5.73 Å². The fourth-order valence-electron chi connectivity index (χ4n) is 1.46. The van der Waals surface area contributed by atoms with Gasteiger partial charge in [-0.05, 0) is 18.2 Å². The van der Waals surface area contributed by atoms with E-state index in [1.165, 1.54) is 24.5 Å². The fraction of sp³-hybridized carbons (Fsp3) is 0.0909. The minimum atomic E-state index is -4.49. The number of hydrogen-bond donors (Lipinski definition) is 1. The summed E-state index contributed by atoms with van der Waals surface area (Å²) in [5, 5.41) is 0.0447. The first-order valence-corrected chi connectivity index (χ1v) is 5.21. The zero-order valence-corrected chi connectivity index (χ0v) is 9.63. The molecule has 0 spiro atoms. The van der Waals surface area contributed by atoms with Crippen molar-refractivity contribution in [3.8, 4) is 11.3 Å². The third kappa shape index (κ3) is 2.38. The topological polar surface area (TPSA) is 51.8 Å². The van der Waals surface area contributed by atoms with E-state index in [9.17, 15) is 13.2 Å². The second-order valence-corrected chi connectivity index (χ2v) is 3.86. The highest BCUT2D eigenvalue weighted by atomic mass is 35.5. The van der Waals surface area contributed by atoms with Crippen LogP contribution in [-0.4, -0.2) is 9.97 Å². The average Bonchev–Trinajstić information content (AvgIpc) is 2.32. The summed E-state index contributed by atoms with van der Waals surface area (Å²) in [7, 11) is 0. The van der Waals surface area contributed by atoms with Crippen molar-refractivity contribution < 1.29 is 13.2 Å². The lowest BCUT2D eigenvalue weighted by Crippen LogP contribution is -2.08. The van der Waals surface area contributed by atoms with Crippen LogP contribution in [0.2, 0.25) is 5.15 Å². The van der Waals surface area contributed by atoms with Crippen LogP contribution < -0.4 is 5.73 Å². The molecule has 7 heteroatoms. The van der Waals surface area contributed by atoms with E-state index in [1.54, 1.807) is 0 Å². The van der Waals surface area contributed by atoms with Crippen LogP contribution >= 0.6 is 11.6 Å². The van der Waals surface area contributed by atoms with E-state index < -0.39 is 11.7 Å². The Morgan fingerprint density at radius 3 is 2.56 bits per heavy atom. The lowest BCUT2D eigenvalue weighted by Gasteiger charge is -2.11. The molecule has 0 radical (unpaired) electrons. The second kappa shape index (κ2) is 4.45. The lowest BCUT2D eigenvalue weighted by molar-refractivity contribution is -0.137. The van der Waals surface area contributed by atoms with Crippen molar-refractivity contribution in [1.29, 1.82) is 0 Å². The van der Waals surface area contributed by atoms with Gasteiger partial charge in [0.2, 0.25) is 0 Å². The van der Waals surface area contributed by atoms with Gasteiger partial charge < -0.3 is 5.73 Å². The first kappa shape index (κ1) is 12.6. The normalized spacial score (nSPS) is 11.6. The van der Waals surface area contributed by atoms with Gasteiger partial charge in [0.15, 0.2) is 5.15 Å². The van der Waals surface area contributed by atoms with Gasteiger partial charge in [-0.15, -0.1) is 0 Å². The van der Waals surface area contributed by atoms with Gasteiger partial charge in [-0.1, -0.05) is 11.6 Å². The first-order chi connectivity index (χ1) is 8.39. The Hall–Kier alpha value is -1.82. The van der Waals surface area contributed by atoms with E-state index >= 15 is 0 Å². The molecular weight excluding hydrogens is 267 g/mol. The number of pyridine rings is 2. The van der Waals surface area contributed by atoms with Gasteiger partial charge in [-0.3, -0.25) is 4.98 Å². The second-order valence-electron chi connectivity index (χ2n) is 3.50. The van der Waals surface area contributed by atoms with Crippen LogP contribution in [0.5, 0.6) is 0 Å². The number of rotatable bonds is 1. The number of alkyl halides is 3. The van der Waals surface area contributed by atoms with E-state index in [-0.39, 0.29) is 22.1 Å². The molecule has 2 aromatic rings. The fourth-order valence-corrected chi connectivity index (χ4v) is 1.56. The minimum absolute atomic E-state index is 0.0447. The maximum absolute atomic E-state index is 12.8. The summed E-state index contributed by atoms with van der Waals surface area (Å²) >= 11 is 5.62. The number of hydrogen-bond acceptors (Lipinski definition) is 3. The van der Waals surface area contributed by atoms with E-state index in [4.69, 9.17) is 17.3 Å². The predicted octanol–water partition coefficient (Wildman–Crippen LogP) is 3.40. The molecule has 0 saturated heterocycles. The average molecular weight is 274 g/mol. The predicted molar refractivity (Wildman–Crippen MR) is 61.9 cm³/mol. The maximum atomic E-state index is 12.8. The summed E-state index contributed by atoms with van der Waals surface area (Å²) in [5.74, 6) is 0. The summed E-state index contributed by atoms with van der Waals surface area (Å²) in [6.07, 6.45) is -2.01. The van der Waals surface area contributed by atoms with Crippen LogP contribution in [0.25, 0.3) is 11.3 Å². The number of nitrogens with zero attached hydrogens (tertiary/aromatic N) is 2. The third-order valence-electron chi connectivity index (χ3n) is 2.25. The molecule has 2 heterocycles. The van der Waals surface area contributed by atoms with Gasteiger partial charge in [-0.25, -0.2) is 4.98 Å². The zero-order chi connectivity index (χ0) is 13.3. The van der Waals surface area contributed by atoms with Gasteiger partial charge in [0.05, 0.1) is 16.9 Å². The zero-order valence-electron chi connectivity index (χ0n) is 8.87. The van der Waals surface area contributed by atoms with Crippen molar-refractivity contribution in [1.82, 2.24) is 9.97 Å². The van der Waals surface area contributed by atoms with Crippen molar-refractivity contribution >= 4 is 17.3 Å². The molecule has 0 aliphatic heterocycles. The van der Waals surface area contributed by atoms with Crippen molar-refractivity contribution in [2.24, 2.45) is 0 Å². The summed E-state index contributed by atoms with van der Waals surface area (Å²) in [6, 6.07) is 3.49. The number of nitrogens with two attached hydrogens (primary N) is 1. The molecule has 2 rings (SSSR count). The Bertz CT molecular complexity index is 584. The molecule has 3 nitrogen and oxygen atoms in total. The Morgan fingerprint density at radius 1 is 1.22 bits per heavy atom. The van der Waals surface area contributed by atoms with Crippen molar-refractivity contribution in [3.05, 3.63) is 41.3 Å². The monoisotopic (exact) mass is 273 g/mol. The standard InChI is InChI=1S/C11H7ClF3N3/c12-10-8(16)4-6(5-18-10)9-7(11(13,14)15)2-1-3-17-9/h1-5H,16H2. The van der Waals surface area contributed by atoms with Crippen LogP contribution in [0, 0.1) is 0 Å². The lowest BCUT2D eigenvalue weighted by atomic mass is 10.1. The molecule has 2 aromatic heterocycles. The van der Waals surface area contributed by atoms with Crippen molar-refractivity contribution in [2.45, 2.75) is 6.18 Å². The Kier molecular flexibility index (Phi) is 3.13. The third-order valence-corrected chi connectivity index (χ3v) is 2.57. The van der Waals surface area contributed by atoms with Gasteiger partial charge in [0.1, 0.15) is 0 Å². The van der Waals surface area contributed by atoms with Crippen LogP contribution in [0.4, 0.5) is 18.9 Å². The molecule has 0 unspecified atom stereocenters. The van der Waals surface area contributed by atoms with Gasteiger partial charge in [0, 0.05) is 18.0 Å². The highest BCUT2D eigenvalue weighted by Gasteiger charge is 2.34. The summed E-state index contributed by atoms with van der Waals surface area (Å²) < 4.78 is 38.4. The molecular formula is C11H7ClF3N3. The minimum Gasteiger partial charge on any atom is -0.396 e. The Morgan fingerprint density at radius 2 is 1.94 bits per heavy atom. The number of anilines is 1. The molecule has 0 aromatic carbocycles. The molecule has 0 amide bonds. The highest BCUT2D eigenvalue weighted by molar-refractivity contribution is 6.31. The van der Waals surface area contributed by atoms with Gasteiger partial charge in [0.25, 0.3) is 0 Å². The summed E-state index contributed by atoms with van der Waals surface area (Å²) in [4.78, 5) is 7.44. The quantitative estimate of drug-likeness (QED) is 0.810. The van der Waals surface area contributed by atoms with E-state index in [0.717, 1.165) is 6.07 Å².